The number of rotatable bonds is 6. The molecule has 2 aromatic carbocycles. The van der Waals surface area contributed by atoms with Crippen molar-refractivity contribution >= 4 is 17.3 Å². The van der Waals surface area contributed by atoms with Gasteiger partial charge >= 0.3 is 0 Å². The van der Waals surface area contributed by atoms with Gasteiger partial charge < -0.3 is 25.6 Å². The van der Waals surface area contributed by atoms with Gasteiger partial charge in [-0.25, -0.2) is 0 Å². The standard InChI is InChI=1S/C17H20N2O4/c1-3-23-15-10-9-12(11-14(15)19-17(2,21)22)16(20)18-13-7-5-4-6-8-13/h4-11,19,21-22H,3H2,1-2H3,(H,18,20). The summed E-state index contributed by atoms with van der Waals surface area (Å²) in [5.41, 5.74) is 1.36. The maximum atomic E-state index is 12.3. The molecule has 0 spiro atoms. The quantitative estimate of drug-likeness (QED) is 0.614. The number of carbonyl (C=O) groups excluding carboxylic acids is 1. The SMILES string of the molecule is CCOc1ccc(C(=O)Nc2ccccc2)cc1NC(C)(O)O. The number of amides is 1. The van der Waals surface area contributed by atoms with Crippen molar-refractivity contribution in [3.63, 3.8) is 0 Å². The van der Waals surface area contributed by atoms with Crippen molar-refractivity contribution in [2.24, 2.45) is 0 Å². The van der Waals surface area contributed by atoms with E-state index in [0.29, 0.717) is 29.3 Å². The summed E-state index contributed by atoms with van der Waals surface area (Å²) in [5.74, 6) is -2.00. The van der Waals surface area contributed by atoms with Crippen molar-refractivity contribution < 1.29 is 19.7 Å². The highest BCUT2D eigenvalue weighted by Crippen LogP contribution is 2.28. The van der Waals surface area contributed by atoms with Gasteiger partial charge in [0.05, 0.1) is 12.3 Å². The van der Waals surface area contributed by atoms with Gasteiger partial charge in [-0.05, 0) is 37.3 Å². The summed E-state index contributed by atoms with van der Waals surface area (Å²) in [4.78, 5) is 12.3. The molecule has 23 heavy (non-hydrogen) atoms. The summed E-state index contributed by atoms with van der Waals surface area (Å²) in [6.45, 7) is 3.41. The molecule has 0 atom stereocenters. The molecule has 122 valence electrons. The molecule has 0 aliphatic rings. The fraction of sp³-hybridized carbons (Fsp3) is 0.235. The Morgan fingerprint density at radius 3 is 2.48 bits per heavy atom. The number of hydrogen-bond donors (Lipinski definition) is 4. The van der Waals surface area contributed by atoms with E-state index in [-0.39, 0.29) is 5.91 Å². The van der Waals surface area contributed by atoms with Gasteiger partial charge in [0.15, 0.2) is 0 Å². The third kappa shape index (κ3) is 4.98. The van der Waals surface area contributed by atoms with Gasteiger partial charge in [0.2, 0.25) is 5.91 Å². The highest BCUT2D eigenvalue weighted by molar-refractivity contribution is 6.05. The summed E-state index contributed by atoms with van der Waals surface area (Å²) in [6, 6.07) is 13.8. The zero-order valence-electron chi connectivity index (χ0n) is 13.0. The topological polar surface area (TPSA) is 90.8 Å². The van der Waals surface area contributed by atoms with E-state index < -0.39 is 5.91 Å². The molecule has 0 unspecified atom stereocenters. The summed E-state index contributed by atoms with van der Waals surface area (Å²) in [7, 11) is 0. The maximum absolute atomic E-state index is 12.3. The van der Waals surface area contributed by atoms with Crippen molar-refractivity contribution in [3.05, 3.63) is 54.1 Å². The molecule has 0 bridgehead atoms. The van der Waals surface area contributed by atoms with Gasteiger partial charge in [-0.3, -0.25) is 4.79 Å². The van der Waals surface area contributed by atoms with Crippen LogP contribution in [0.2, 0.25) is 0 Å². The summed E-state index contributed by atoms with van der Waals surface area (Å²) < 4.78 is 5.42. The number of carbonyl (C=O) groups is 1. The van der Waals surface area contributed by atoms with Crippen LogP contribution in [-0.4, -0.2) is 28.6 Å². The van der Waals surface area contributed by atoms with E-state index >= 15 is 0 Å². The lowest BCUT2D eigenvalue weighted by Crippen LogP contribution is -2.33. The van der Waals surface area contributed by atoms with Crippen LogP contribution < -0.4 is 15.4 Å². The predicted molar refractivity (Wildman–Crippen MR) is 88.5 cm³/mol. The molecule has 0 aliphatic carbocycles. The third-order valence-corrected chi connectivity index (χ3v) is 2.94. The Morgan fingerprint density at radius 2 is 1.87 bits per heavy atom. The van der Waals surface area contributed by atoms with Crippen LogP contribution in [-0.2, 0) is 0 Å². The molecule has 2 rings (SSSR count). The molecule has 0 saturated carbocycles. The zero-order chi connectivity index (χ0) is 16.9. The van der Waals surface area contributed by atoms with E-state index in [1.807, 2.05) is 25.1 Å². The van der Waals surface area contributed by atoms with Crippen LogP contribution in [0.4, 0.5) is 11.4 Å². The second-order valence-corrected chi connectivity index (χ2v) is 5.11. The average Bonchev–Trinajstić information content (AvgIpc) is 2.48. The molecule has 0 aromatic heterocycles. The fourth-order valence-electron chi connectivity index (χ4n) is 2.03. The lowest BCUT2D eigenvalue weighted by molar-refractivity contribution is -0.118. The lowest BCUT2D eigenvalue weighted by atomic mass is 10.1. The molecule has 6 heteroatoms. The van der Waals surface area contributed by atoms with Crippen molar-refractivity contribution in [3.8, 4) is 5.75 Å². The van der Waals surface area contributed by atoms with Gasteiger partial charge in [-0.1, -0.05) is 18.2 Å². The Hall–Kier alpha value is -2.57. The van der Waals surface area contributed by atoms with Crippen molar-refractivity contribution in [1.29, 1.82) is 0 Å². The van der Waals surface area contributed by atoms with Gasteiger partial charge in [-0.15, -0.1) is 0 Å². The Morgan fingerprint density at radius 1 is 1.17 bits per heavy atom. The van der Waals surface area contributed by atoms with Crippen LogP contribution in [0, 0.1) is 0 Å². The first-order valence-corrected chi connectivity index (χ1v) is 7.25. The third-order valence-electron chi connectivity index (χ3n) is 2.94. The minimum absolute atomic E-state index is 0.306. The highest BCUT2D eigenvalue weighted by atomic mass is 16.5. The van der Waals surface area contributed by atoms with Gasteiger partial charge in [0, 0.05) is 18.2 Å². The molecule has 0 radical (unpaired) electrons. The van der Waals surface area contributed by atoms with Crippen molar-refractivity contribution in [2.45, 2.75) is 19.8 Å². The molecule has 0 heterocycles. The van der Waals surface area contributed by atoms with E-state index in [0.717, 1.165) is 0 Å². The van der Waals surface area contributed by atoms with Gasteiger partial charge in [0.25, 0.3) is 5.91 Å². The highest BCUT2D eigenvalue weighted by Gasteiger charge is 2.18. The summed E-state index contributed by atoms with van der Waals surface area (Å²) >= 11 is 0. The number of anilines is 2. The number of benzene rings is 2. The Balaban J connectivity index is 2.25. The van der Waals surface area contributed by atoms with E-state index in [9.17, 15) is 15.0 Å². The van der Waals surface area contributed by atoms with Gasteiger partial charge in [-0.2, -0.15) is 0 Å². The second kappa shape index (κ2) is 7.13. The first kappa shape index (κ1) is 16.8. The number of hydrogen-bond acceptors (Lipinski definition) is 5. The molecule has 2 aromatic rings. The molecule has 0 saturated heterocycles. The fourth-order valence-corrected chi connectivity index (χ4v) is 2.03. The predicted octanol–water partition coefficient (Wildman–Crippen LogP) is 2.41. The minimum atomic E-state index is -2.12. The molecule has 0 fully saturated rings. The van der Waals surface area contributed by atoms with Crippen LogP contribution in [0.5, 0.6) is 5.75 Å². The van der Waals surface area contributed by atoms with E-state index in [1.165, 1.54) is 13.0 Å². The summed E-state index contributed by atoms with van der Waals surface area (Å²) in [5, 5.41) is 24.3. The van der Waals surface area contributed by atoms with Crippen molar-refractivity contribution in [2.75, 3.05) is 17.2 Å². The number of aliphatic hydroxyl groups is 2. The largest absolute Gasteiger partial charge is 0.492 e. The van der Waals surface area contributed by atoms with Crippen LogP contribution in [0.25, 0.3) is 0 Å². The van der Waals surface area contributed by atoms with E-state index in [1.54, 1.807) is 24.3 Å². The van der Waals surface area contributed by atoms with Crippen LogP contribution in [0.15, 0.2) is 48.5 Å². The molecule has 1 amide bonds. The minimum Gasteiger partial charge on any atom is -0.492 e. The van der Waals surface area contributed by atoms with Crippen LogP contribution >= 0.6 is 0 Å². The summed E-state index contributed by atoms with van der Waals surface area (Å²) in [6.07, 6.45) is 0. The number of nitrogens with one attached hydrogen (secondary N) is 2. The second-order valence-electron chi connectivity index (χ2n) is 5.11. The Bertz CT molecular complexity index is 666. The molecule has 0 aliphatic heterocycles. The molecular formula is C17H20N2O4. The lowest BCUT2D eigenvalue weighted by Gasteiger charge is -2.21. The average molecular weight is 316 g/mol. The zero-order valence-corrected chi connectivity index (χ0v) is 13.0. The molecular weight excluding hydrogens is 296 g/mol. The number of para-hydroxylation sites is 1. The van der Waals surface area contributed by atoms with Crippen LogP contribution in [0.3, 0.4) is 0 Å². The Labute approximate surface area is 134 Å². The maximum Gasteiger partial charge on any atom is 0.255 e. The molecule has 6 nitrogen and oxygen atoms in total. The van der Waals surface area contributed by atoms with E-state index in [2.05, 4.69) is 10.6 Å². The smallest absolute Gasteiger partial charge is 0.255 e. The number of ether oxygens (including phenoxy) is 1. The van der Waals surface area contributed by atoms with Crippen molar-refractivity contribution in [1.82, 2.24) is 0 Å². The van der Waals surface area contributed by atoms with Gasteiger partial charge in [0.1, 0.15) is 5.75 Å². The molecule has 4 N–H and O–H groups in total. The normalized spacial score (nSPS) is 11.0. The Kier molecular flexibility index (Phi) is 5.20. The monoisotopic (exact) mass is 316 g/mol. The first-order valence-electron chi connectivity index (χ1n) is 7.25. The van der Waals surface area contributed by atoms with E-state index in [4.69, 9.17) is 4.74 Å². The first-order chi connectivity index (χ1) is 10.9. The van der Waals surface area contributed by atoms with Crippen LogP contribution in [0.1, 0.15) is 24.2 Å².